The van der Waals surface area contributed by atoms with Crippen LogP contribution >= 0.6 is 0 Å². The molecule has 36 heavy (non-hydrogen) atoms. The van der Waals surface area contributed by atoms with Crippen LogP contribution in [0.5, 0.6) is 5.75 Å². The number of nitrogens with zero attached hydrogens (tertiary/aromatic N) is 5. The quantitative estimate of drug-likeness (QED) is 0.346. The van der Waals surface area contributed by atoms with Gasteiger partial charge in [-0.3, -0.25) is 9.48 Å². The summed E-state index contributed by atoms with van der Waals surface area (Å²) in [5.74, 6) is -0.504. The number of carbonyl (C=O) groups is 1. The van der Waals surface area contributed by atoms with Crippen molar-refractivity contribution in [3.8, 4) is 17.0 Å². The lowest BCUT2D eigenvalue weighted by Crippen LogP contribution is -2.12. The third kappa shape index (κ3) is 4.50. The summed E-state index contributed by atoms with van der Waals surface area (Å²) in [5, 5.41) is 10.8. The van der Waals surface area contributed by atoms with Gasteiger partial charge in [-0.25, -0.2) is 22.7 Å². The normalized spacial score (nSPS) is 11.2. The predicted octanol–water partition coefficient (Wildman–Crippen LogP) is 4.98. The van der Waals surface area contributed by atoms with E-state index in [0.717, 1.165) is 4.52 Å². The number of carbonyl (C=O) groups excluding carboxylic acids is 1. The monoisotopic (exact) mass is 492 g/mol. The molecule has 0 fully saturated rings. The van der Waals surface area contributed by atoms with E-state index in [0.29, 0.717) is 29.1 Å². The fraction of sp³-hybridized carbons (Fsp3) is 0.120. The number of fused-ring (bicyclic) bond motifs is 1. The van der Waals surface area contributed by atoms with E-state index in [2.05, 4.69) is 20.5 Å². The smallest absolute Gasteiger partial charge is 0.280 e. The molecule has 0 atom stereocenters. The molecule has 0 saturated carbocycles. The second-order valence-corrected chi connectivity index (χ2v) is 7.87. The van der Waals surface area contributed by atoms with Gasteiger partial charge >= 0.3 is 0 Å². The minimum atomic E-state index is -2.86. The fourth-order valence-corrected chi connectivity index (χ4v) is 3.83. The van der Waals surface area contributed by atoms with Crippen LogP contribution in [-0.2, 0) is 6.54 Å². The molecule has 0 unspecified atom stereocenters. The molecule has 1 N–H and O–H groups in total. The summed E-state index contributed by atoms with van der Waals surface area (Å²) in [6.45, 7) is 0.298. The van der Waals surface area contributed by atoms with Gasteiger partial charge in [-0.1, -0.05) is 24.3 Å². The first-order chi connectivity index (χ1) is 17.4. The van der Waals surface area contributed by atoms with Crippen molar-refractivity contribution < 1.29 is 22.7 Å². The zero-order valence-electron chi connectivity index (χ0n) is 18.9. The molecule has 3 aromatic heterocycles. The number of nitrogens with one attached hydrogen (secondary N) is 1. The Morgan fingerprint density at radius 2 is 1.92 bits per heavy atom. The van der Waals surface area contributed by atoms with Gasteiger partial charge in [0, 0.05) is 11.8 Å². The van der Waals surface area contributed by atoms with Crippen LogP contribution in [0.2, 0.25) is 0 Å². The topological polar surface area (TPSA) is 86.3 Å². The third-order valence-corrected chi connectivity index (χ3v) is 5.48. The van der Waals surface area contributed by atoms with E-state index in [1.54, 1.807) is 42.6 Å². The molecule has 11 heteroatoms. The molecule has 1 amide bonds. The second-order valence-electron chi connectivity index (χ2n) is 7.87. The van der Waals surface area contributed by atoms with Crippen LogP contribution in [0.3, 0.4) is 0 Å². The number of alkyl halides is 2. The Balaban J connectivity index is 1.46. The van der Waals surface area contributed by atoms with Gasteiger partial charge in [0.05, 0.1) is 37.4 Å². The molecule has 0 spiro atoms. The van der Waals surface area contributed by atoms with Crippen LogP contribution in [0.1, 0.15) is 28.0 Å². The average Bonchev–Trinajstić information content (AvgIpc) is 3.50. The average molecular weight is 492 g/mol. The molecule has 5 aromatic rings. The molecule has 2 aromatic carbocycles. The molecule has 3 heterocycles. The number of methoxy groups -OCH3 is 1. The highest BCUT2D eigenvalue weighted by atomic mass is 19.3. The van der Waals surface area contributed by atoms with Gasteiger partial charge in [0.2, 0.25) is 0 Å². The fourth-order valence-electron chi connectivity index (χ4n) is 3.83. The Kier molecular flexibility index (Phi) is 6.11. The highest BCUT2D eigenvalue weighted by Crippen LogP contribution is 2.32. The summed E-state index contributed by atoms with van der Waals surface area (Å²) in [6.07, 6.45) is 1.33. The highest BCUT2D eigenvalue weighted by Gasteiger charge is 2.22. The Hall–Kier alpha value is -4.67. The molecule has 182 valence electrons. The molecule has 0 aliphatic rings. The number of para-hydroxylation sites is 1. The Bertz CT molecular complexity index is 1560. The van der Waals surface area contributed by atoms with Crippen molar-refractivity contribution in [1.29, 1.82) is 0 Å². The summed E-state index contributed by atoms with van der Waals surface area (Å²) in [7, 11) is 1.47. The highest BCUT2D eigenvalue weighted by molar-refractivity contribution is 6.08. The van der Waals surface area contributed by atoms with E-state index >= 15 is 0 Å². The summed E-state index contributed by atoms with van der Waals surface area (Å²) < 4.78 is 49.0. The van der Waals surface area contributed by atoms with Gasteiger partial charge in [-0.2, -0.15) is 10.2 Å². The van der Waals surface area contributed by atoms with Gasteiger partial charge in [-0.05, 0) is 35.9 Å². The van der Waals surface area contributed by atoms with Crippen LogP contribution in [0, 0.1) is 5.82 Å². The van der Waals surface area contributed by atoms with E-state index in [-0.39, 0.29) is 22.7 Å². The largest absolute Gasteiger partial charge is 0.496 e. The Labute approximate surface area is 203 Å². The van der Waals surface area contributed by atoms with Crippen molar-refractivity contribution in [2.24, 2.45) is 0 Å². The summed E-state index contributed by atoms with van der Waals surface area (Å²) in [6, 6.07) is 14.2. The zero-order chi connectivity index (χ0) is 25.2. The van der Waals surface area contributed by atoms with Crippen molar-refractivity contribution in [2.45, 2.75) is 13.0 Å². The SMILES string of the molecule is COc1ccccc1-c1cc(C(F)F)n2ncc(C(=O)Nc3cnn(Cc4cccc(F)c4)c3)c2n1. The van der Waals surface area contributed by atoms with Crippen molar-refractivity contribution in [3.63, 3.8) is 0 Å². The van der Waals surface area contributed by atoms with Gasteiger partial charge in [0.1, 0.15) is 22.8 Å². The first-order valence-corrected chi connectivity index (χ1v) is 10.8. The molecule has 0 radical (unpaired) electrons. The van der Waals surface area contributed by atoms with E-state index in [1.165, 1.54) is 42.4 Å². The van der Waals surface area contributed by atoms with Crippen LogP contribution in [0.15, 0.2) is 73.2 Å². The minimum Gasteiger partial charge on any atom is -0.496 e. The number of amides is 1. The minimum absolute atomic E-state index is 0.00604. The molecule has 0 aliphatic carbocycles. The molecule has 0 bridgehead atoms. The van der Waals surface area contributed by atoms with Crippen molar-refractivity contribution in [2.75, 3.05) is 12.4 Å². The third-order valence-electron chi connectivity index (χ3n) is 5.48. The van der Waals surface area contributed by atoms with Crippen molar-refractivity contribution >= 4 is 17.2 Å². The number of hydrogen-bond acceptors (Lipinski definition) is 5. The summed E-state index contributed by atoms with van der Waals surface area (Å²) in [4.78, 5) is 17.5. The standard InChI is InChI=1S/C25H19F3N6O2/c1-36-22-8-3-2-7-18(22)20-10-21(23(27)28)34-24(32-20)19(12-30-34)25(35)31-17-11-29-33(14-17)13-15-5-4-6-16(26)9-15/h2-12,14,23H,13H2,1H3,(H,31,35). The summed E-state index contributed by atoms with van der Waals surface area (Å²) in [5.41, 5.74) is 1.34. The van der Waals surface area contributed by atoms with Crippen LogP contribution in [0.25, 0.3) is 16.9 Å². The van der Waals surface area contributed by atoms with Crippen molar-refractivity contribution in [1.82, 2.24) is 24.4 Å². The molecule has 0 aliphatic heterocycles. The van der Waals surface area contributed by atoms with E-state index in [1.807, 2.05) is 0 Å². The number of anilines is 1. The van der Waals surface area contributed by atoms with Gasteiger partial charge < -0.3 is 10.1 Å². The Morgan fingerprint density at radius 1 is 1.08 bits per heavy atom. The maximum Gasteiger partial charge on any atom is 0.280 e. The predicted molar refractivity (Wildman–Crippen MR) is 126 cm³/mol. The van der Waals surface area contributed by atoms with Crippen molar-refractivity contribution in [3.05, 3.63) is 95.8 Å². The molecule has 8 nitrogen and oxygen atoms in total. The van der Waals surface area contributed by atoms with Crippen LogP contribution in [-0.4, -0.2) is 37.4 Å². The number of hydrogen-bond donors (Lipinski definition) is 1. The van der Waals surface area contributed by atoms with Gasteiger partial charge in [0.15, 0.2) is 5.65 Å². The lowest BCUT2D eigenvalue weighted by atomic mass is 10.1. The second kappa shape index (κ2) is 9.53. The lowest BCUT2D eigenvalue weighted by Gasteiger charge is -2.11. The number of benzene rings is 2. The number of halogens is 3. The first-order valence-electron chi connectivity index (χ1n) is 10.8. The van der Waals surface area contributed by atoms with Crippen LogP contribution < -0.4 is 10.1 Å². The van der Waals surface area contributed by atoms with Gasteiger partial charge in [0.25, 0.3) is 12.3 Å². The zero-order valence-corrected chi connectivity index (χ0v) is 18.9. The molecular weight excluding hydrogens is 473 g/mol. The molecular formula is C25H19F3N6O2. The molecule has 0 saturated heterocycles. The van der Waals surface area contributed by atoms with Gasteiger partial charge in [-0.15, -0.1) is 0 Å². The number of ether oxygens (including phenoxy) is 1. The first kappa shape index (κ1) is 23.1. The Morgan fingerprint density at radius 3 is 2.69 bits per heavy atom. The van der Waals surface area contributed by atoms with E-state index in [9.17, 15) is 18.0 Å². The van der Waals surface area contributed by atoms with E-state index < -0.39 is 18.0 Å². The summed E-state index contributed by atoms with van der Waals surface area (Å²) >= 11 is 0. The van der Waals surface area contributed by atoms with Crippen LogP contribution in [0.4, 0.5) is 18.9 Å². The number of rotatable bonds is 7. The molecule has 5 rings (SSSR count). The number of aromatic nitrogens is 5. The maximum absolute atomic E-state index is 13.9. The van der Waals surface area contributed by atoms with E-state index in [4.69, 9.17) is 4.74 Å². The maximum atomic E-state index is 13.9. The lowest BCUT2D eigenvalue weighted by molar-refractivity contribution is 0.102.